The Balaban J connectivity index is 1.56. The number of sulfonamides is 1. The van der Waals surface area contributed by atoms with Crippen molar-refractivity contribution in [3.63, 3.8) is 0 Å². The molecule has 0 bridgehead atoms. The van der Waals surface area contributed by atoms with Crippen LogP contribution in [0.3, 0.4) is 0 Å². The molecule has 8 heteroatoms. The van der Waals surface area contributed by atoms with E-state index in [2.05, 4.69) is 10.6 Å². The Kier molecular flexibility index (Phi) is 5.17. The van der Waals surface area contributed by atoms with Gasteiger partial charge in [-0.25, -0.2) is 13.2 Å². The largest absolute Gasteiger partial charge is 0.323 e. The van der Waals surface area contributed by atoms with Crippen molar-refractivity contribution in [2.45, 2.75) is 11.3 Å². The highest BCUT2D eigenvalue weighted by atomic mass is 35.5. The molecule has 29 heavy (non-hydrogen) atoms. The number of anilines is 3. The number of amides is 2. The van der Waals surface area contributed by atoms with E-state index in [1.54, 1.807) is 66.7 Å². The standard InChI is InChI=1S/C21H18ClN3O3S/c22-18-8-4-5-9-19(18)24-21(26)23-16-11-10-15-12-13-25(20(15)14-16)29(27,28)17-6-2-1-3-7-17/h1-11,14H,12-13H2,(H2,23,24,26). The molecule has 0 saturated heterocycles. The van der Waals surface area contributed by atoms with Gasteiger partial charge in [-0.2, -0.15) is 0 Å². The van der Waals surface area contributed by atoms with Crippen molar-refractivity contribution >= 4 is 44.7 Å². The molecule has 1 heterocycles. The second kappa shape index (κ2) is 7.77. The molecule has 148 valence electrons. The number of hydrogen-bond acceptors (Lipinski definition) is 3. The Morgan fingerprint density at radius 3 is 2.41 bits per heavy atom. The third-order valence-electron chi connectivity index (χ3n) is 4.65. The van der Waals surface area contributed by atoms with E-state index in [1.807, 2.05) is 6.07 Å². The highest BCUT2D eigenvalue weighted by Gasteiger charge is 2.31. The van der Waals surface area contributed by atoms with Crippen molar-refractivity contribution in [3.05, 3.63) is 83.4 Å². The molecule has 1 aliphatic rings. The third-order valence-corrected chi connectivity index (χ3v) is 6.81. The number of rotatable bonds is 4. The van der Waals surface area contributed by atoms with Crippen LogP contribution < -0.4 is 14.9 Å². The van der Waals surface area contributed by atoms with Gasteiger partial charge in [-0.05, 0) is 48.4 Å². The molecule has 6 nitrogen and oxygen atoms in total. The van der Waals surface area contributed by atoms with E-state index < -0.39 is 16.1 Å². The molecule has 0 atom stereocenters. The van der Waals surface area contributed by atoms with Gasteiger partial charge in [0.05, 0.1) is 21.3 Å². The molecule has 3 aromatic rings. The van der Waals surface area contributed by atoms with Crippen LogP contribution in [-0.2, 0) is 16.4 Å². The van der Waals surface area contributed by atoms with Gasteiger partial charge < -0.3 is 10.6 Å². The number of halogens is 1. The SMILES string of the molecule is O=C(Nc1ccc2c(c1)N(S(=O)(=O)c1ccccc1)CC2)Nc1ccccc1Cl. The van der Waals surface area contributed by atoms with Gasteiger partial charge >= 0.3 is 6.03 Å². The van der Waals surface area contributed by atoms with Crippen molar-refractivity contribution in [1.82, 2.24) is 0 Å². The predicted octanol–water partition coefficient (Wildman–Crippen LogP) is 4.74. The molecule has 0 fully saturated rings. The molecule has 0 aliphatic carbocycles. The van der Waals surface area contributed by atoms with Crippen LogP contribution in [0.15, 0.2) is 77.7 Å². The second-order valence-electron chi connectivity index (χ2n) is 6.54. The van der Waals surface area contributed by atoms with Crippen LogP contribution in [0.25, 0.3) is 0 Å². The highest BCUT2D eigenvalue weighted by molar-refractivity contribution is 7.92. The van der Waals surface area contributed by atoms with Crippen LogP contribution in [-0.4, -0.2) is 21.0 Å². The van der Waals surface area contributed by atoms with Gasteiger partial charge in [0.1, 0.15) is 0 Å². The number of para-hydroxylation sites is 1. The molecular weight excluding hydrogens is 410 g/mol. The number of fused-ring (bicyclic) bond motifs is 1. The quantitative estimate of drug-likeness (QED) is 0.631. The summed E-state index contributed by atoms with van der Waals surface area (Å²) in [6.07, 6.45) is 0.619. The summed E-state index contributed by atoms with van der Waals surface area (Å²) in [5, 5.41) is 5.84. The molecular formula is C21H18ClN3O3S. The molecule has 0 aromatic heterocycles. The monoisotopic (exact) mass is 427 g/mol. The van der Waals surface area contributed by atoms with Gasteiger partial charge in [0.25, 0.3) is 10.0 Å². The van der Waals surface area contributed by atoms with Crippen LogP contribution in [0.1, 0.15) is 5.56 Å². The zero-order chi connectivity index (χ0) is 20.4. The fourth-order valence-electron chi connectivity index (χ4n) is 3.24. The Morgan fingerprint density at radius 1 is 0.931 bits per heavy atom. The first kappa shape index (κ1) is 19.3. The summed E-state index contributed by atoms with van der Waals surface area (Å²) in [7, 11) is -3.66. The minimum Gasteiger partial charge on any atom is -0.308 e. The first-order valence-electron chi connectivity index (χ1n) is 8.98. The number of urea groups is 1. The Morgan fingerprint density at radius 2 is 1.66 bits per heavy atom. The summed E-state index contributed by atoms with van der Waals surface area (Å²) in [4.78, 5) is 12.6. The lowest BCUT2D eigenvalue weighted by Crippen LogP contribution is -2.29. The lowest BCUT2D eigenvalue weighted by atomic mass is 10.1. The molecule has 4 rings (SSSR count). The average Bonchev–Trinajstić information content (AvgIpc) is 3.14. The van der Waals surface area contributed by atoms with E-state index in [-0.39, 0.29) is 4.90 Å². The van der Waals surface area contributed by atoms with E-state index in [0.29, 0.717) is 35.1 Å². The highest BCUT2D eigenvalue weighted by Crippen LogP contribution is 2.35. The summed E-state index contributed by atoms with van der Waals surface area (Å²) in [6, 6.07) is 20.0. The molecule has 1 aliphatic heterocycles. The molecule has 0 unspecified atom stereocenters. The van der Waals surface area contributed by atoms with Gasteiger partial charge in [-0.15, -0.1) is 0 Å². The molecule has 3 aromatic carbocycles. The maximum atomic E-state index is 13.0. The number of benzene rings is 3. The topological polar surface area (TPSA) is 78.5 Å². The van der Waals surface area contributed by atoms with Gasteiger partial charge in [0.15, 0.2) is 0 Å². The average molecular weight is 428 g/mol. The fraction of sp³-hybridized carbons (Fsp3) is 0.0952. The molecule has 2 amide bonds. The van der Waals surface area contributed by atoms with Crippen LogP contribution in [0, 0.1) is 0 Å². The summed E-state index contributed by atoms with van der Waals surface area (Å²) in [5.41, 5.74) is 2.47. The van der Waals surface area contributed by atoms with Crippen molar-refractivity contribution in [3.8, 4) is 0 Å². The predicted molar refractivity (Wildman–Crippen MR) is 115 cm³/mol. The number of carbonyl (C=O) groups excluding carboxylic acids is 1. The zero-order valence-corrected chi connectivity index (χ0v) is 16.9. The van der Waals surface area contributed by atoms with E-state index in [1.165, 1.54) is 4.31 Å². The van der Waals surface area contributed by atoms with Gasteiger partial charge in [0, 0.05) is 12.2 Å². The van der Waals surface area contributed by atoms with Crippen LogP contribution in [0.2, 0.25) is 5.02 Å². The van der Waals surface area contributed by atoms with E-state index in [4.69, 9.17) is 11.6 Å². The van der Waals surface area contributed by atoms with E-state index in [0.717, 1.165) is 5.56 Å². The van der Waals surface area contributed by atoms with Gasteiger partial charge in [-0.3, -0.25) is 4.31 Å². The van der Waals surface area contributed by atoms with E-state index in [9.17, 15) is 13.2 Å². The van der Waals surface area contributed by atoms with Crippen molar-refractivity contribution < 1.29 is 13.2 Å². The maximum absolute atomic E-state index is 13.0. The fourth-order valence-corrected chi connectivity index (χ4v) is 4.94. The summed E-state index contributed by atoms with van der Waals surface area (Å²) in [5.74, 6) is 0. The van der Waals surface area contributed by atoms with Crippen LogP contribution >= 0.6 is 11.6 Å². The first-order valence-corrected chi connectivity index (χ1v) is 10.8. The molecule has 0 radical (unpaired) electrons. The Hall–Kier alpha value is -3.03. The van der Waals surface area contributed by atoms with Crippen molar-refractivity contribution in [1.29, 1.82) is 0 Å². The maximum Gasteiger partial charge on any atom is 0.323 e. The zero-order valence-electron chi connectivity index (χ0n) is 15.3. The van der Waals surface area contributed by atoms with Crippen molar-refractivity contribution in [2.75, 3.05) is 21.5 Å². The summed E-state index contributed by atoms with van der Waals surface area (Å²) < 4.78 is 27.4. The molecule has 0 saturated carbocycles. The van der Waals surface area contributed by atoms with Crippen LogP contribution in [0.5, 0.6) is 0 Å². The van der Waals surface area contributed by atoms with Gasteiger partial charge in [0.2, 0.25) is 0 Å². The van der Waals surface area contributed by atoms with E-state index >= 15 is 0 Å². The molecule has 0 spiro atoms. The Labute approximate surface area is 174 Å². The smallest absolute Gasteiger partial charge is 0.308 e. The first-order chi connectivity index (χ1) is 13.9. The summed E-state index contributed by atoms with van der Waals surface area (Å²) >= 11 is 6.06. The normalized spacial score (nSPS) is 13.1. The minimum atomic E-state index is -3.66. The number of hydrogen-bond donors (Lipinski definition) is 2. The van der Waals surface area contributed by atoms with Gasteiger partial charge in [-0.1, -0.05) is 48.0 Å². The third kappa shape index (κ3) is 3.92. The van der Waals surface area contributed by atoms with Crippen LogP contribution in [0.4, 0.5) is 21.9 Å². The molecule has 2 N–H and O–H groups in total. The lowest BCUT2D eigenvalue weighted by molar-refractivity contribution is 0.262. The number of nitrogens with one attached hydrogen (secondary N) is 2. The minimum absolute atomic E-state index is 0.239. The second-order valence-corrected chi connectivity index (χ2v) is 8.81. The van der Waals surface area contributed by atoms with Crippen molar-refractivity contribution in [2.24, 2.45) is 0 Å². The Bertz CT molecular complexity index is 1170. The lowest BCUT2D eigenvalue weighted by Gasteiger charge is -2.20. The number of nitrogens with zero attached hydrogens (tertiary/aromatic N) is 1. The summed E-state index contributed by atoms with van der Waals surface area (Å²) in [6.45, 7) is 0.363. The number of carbonyl (C=O) groups is 1.